The third kappa shape index (κ3) is 7.59. The molecule has 5 nitrogen and oxygen atoms in total. The van der Waals surface area contributed by atoms with E-state index in [1.165, 1.54) is 0 Å². The molecule has 1 N–H and O–H groups in total. The van der Waals surface area contributed by atoms with Crippen LogP contribution in [0.25, 0.3) is 0 Å². The van der Waals surface area contributed by atoms with Crippen molar-refractivity contribution in [2.45, 2.75) is 64.6 Å². The first-order chi connectivity index (χ1) is 17.9. The van der Waals surface area contributed by atoms with E-state index in [1.807, 2.05) is 74.5 Å². The van der Waals surface area contributed by atoms with Crippen LogP contribution >= 0.6 is 11.6 Å². The number of ether oxygens (including phenoxy) is 1. The van der Waals surface area contributed by atoms with Gasteiger partial charge in [0.1, 0.15) is 11.8 Å². The number of hydrogen-bond donors (Lipinski definition) is 1. The zero-order valence-corrected chi connectivity index (χ0v) is 22.3. The number of benzene rings is 3. The molecular formula is C31H35ClN2O3. The van der Waals surface area contributed by atoms with Crippen molar-refractivity contribution in [1.82, 2.24) is 10.2 Å². The molecule has 0 aromatic heterocycles. The number of halogens is 1. The molecule has 37 heavy (non-hydrogen) atoms. The van der Waals surface area contributed by atoms with Crippen molar-refractivity contribution < 1.29 is 14.3 Å². The van der Waals surface area contributed by atoms with Gasteiger partial charge in [0, 0.05) is 24.0 Å². The van der Waals surface area contributed by atoms with Crippen molar-refractivity contribution in [2.75, 3.05) is 6.61 Å². The molecule has 0 heterocycles. The number of rotatable bonds is 10. The van der Waals surface area contributed by atoms with Crippen LogP contribution in [-0.4, -0.2) is 35.4 Å². The summed E-state index contributed by atoms with van der Waals surface area (Å²) in [5.74, 6) is 0.239. The standard InChI is InChI=1S/C31H35ClN2O3/c1-22-16-23(2)18-27(17-22)37-21-30(35)34(20-25-12-6-9-15-28(25)32)29(19-24-10-4-3-5-11-24)31(36)33-26-13-7-8-14-26/h3-6,9-12,15-18,26,29H,7-8,13-14,19-21H2,1-2H3,(H,33,36). The number of hydrogen-bond acceptors (Lipinski definition) is 3. The lowest BCUT2D eigenvalue weighted by Gasteiger charge is -2.32. The van der Waals surface area contributed by atoms with Gasteiger partial charge in [0.05, 0.1) is 0 Å². The van der Waals surface area contributed by atoms with Gasteiger partial charge in [0.2, 0.25) is 5.91 Å². The zero-order valence-electron chi connectivity index (χ0n) is 21.6. The van der Waals surface area contributed by atoms with Crippen molar-refractivity contribution in [1.29, 1.82) is 0 Å². The molecule has 3 aromatic rings. The molecule has 3 aromatic carbocycles. The highest BCUT2D eigenvalue weighted by molar-refractivity contribution is 6.31. The molecular weight excluding hydrogens is 484 g/mol. The first kappa shape index (κ1) is 26.7. The van der Waals surface area contributed by atoms with Crippen LogP contribution in [-0.2, 0) is 22.6 Å². The molecule has 0 aliphatic heterocycles. The Balaban J connectivity index is 1.62. The van der Waals surface area contributed by atoms with Crippen LogP contribution in [0.1, 0.15) is 47.9 Å². The predicted octanol–water partition coefficient (Wildman–Crippen LogP) is 6.03. The van der Waals surface area contributed by atoms with Gasteiger partial charge in [0.25, 0.3) is 5.91 Å². The maximum absolute atomic E-state index is 13.8. The molecule has 1 atom stereocenters. The molecule has 1 fully saturated rings. The van der Waals surface area contributed by atoms with Gasteiger partial charge in [0.15, 0.2) is 6.61 Å². The Kier molecular flexibility index (Phi) is 9.24. The van der Waals surface area contributed by atoms with Gasteiger partial charge in [-0.05, 0) is 67.1 Å². The van der Waals surface area contributed by atoms with E-state index in [0.29, 0.717) is 17.2 Å². The Bertz CT molecular complexity index is 1190. The first-order valence-corrected chi connectivity index (χ1v) is 13.3. The van der Waals surface area contributed by atoms with Crippen LogP contribution in [0, 0.1) is 13.8 Å². The van der Waals surface area contributed by atoms with Gasteiger partial charge in [-0.3, -0.25) is 9.59 Å². The fourth-order valence-electron chi connectivity index (χ4n) is 4.98. The van der Waals surface area contributed by atoms with Crippen LogP contribution in [0.3, 0.4) is 0 Å². The molecule has 4 rings (SSSR count). The Morgan fingerprint density at radius 2 is 1.62 bits per heavy atom. The van der Waals surface area contributed by atoms with Crippen molar-refractivity contribution in [3.8, 4) is 5.75 Å². The summed E-state index contributed by atoms with van der Waals surface area (Å²) in [5, 5.41) is 3.78. The number of carbonyl (C=O) groups excluding carboxylic acids is 2. The minimum atomic E-state index is -0.699. The molecule has 6 heteroatoms. The molecule has 1 unspecified atom stereocenters. The molecule has 1 saturated carbocycles. The second kappa shape index (κ2) is 12.8. The van der Waals surface area contributed by atoms with Crippen molar-refractivity contribution >= 4 is 23.4 Å². The second-order valence-electron chi connectivity index (χ2n) is 9.92. The van der Waals surface area contributed by atoms with Crippen LogP contribution < -0.4 is 10.1 Å². The summed E-state index contributed by atoms with van der Waals surface area (Å²) >= 11 is 6.49. The molecule has 0 radical (unpaired) electrons. The molecule has 1 aliphatic rings. The lowest BCUT2D eigenvalue weighted by atomic mass is 10.0. The smallest absolute Gasteiger partial charge is 0.261 e. The van der Waals surface area contributed by atoms with Gasteiger partial charge >= 0.3 is 0 Å². The average Bonchev–Trinajstić information content (AvgIpc) is 3.39. The Morgan fingerprint density at radius 3 is 2.30 bits per heavy atom. The summed E-state index contributed by atoms with van der Waals surface area (Å²) in [6, 6.07) is 22.6. The van der Waals surface area contributed by atoms with Crippen LogP contribution in [0.5, 0.6) is 5.75 Å². The summed E-state index contributed by atoms with van der Waals surface area (Å²) < 4.78 is 5.94. The monoisotopic (exact) mass is 518 g/mol. The van der Waals surface area contributed by atoms with E-state index < -0.39 is 6.04 Å². The quantitative estimate of drug-likeness (QED) is 0.356. The van der Waals surface area contributed by atoms with E-state index in [-0.39, 0.29) is 31.0 Å². The van der Waals surface area contributed by atoms with Gasteiger partial charge < -0.3 is 15.0 Å². The maximum atomic E-state index is 13.8. The molecule has 0 bridgehead atoms. The summed E-state index contributed by atoms with van der Waals surface area (Å²) in [6.07, 6.45) is 4.57. The van der Waals surface area contributed by atoms with E-state index >= 15 is 0 Å². The minimum Gasteiger partial charge on any atom is -0.484 e. The van der Waals surface area contributed by atoms with Crippen LogP contribution in [0.2, 0.25) is 5.02 Å². The zero-order chi connectivity index (χ0) is 26.2. The Morgan fingerprint density at radius 1 is 0.973 bits per heavy atom. The number of nitrogens with zero attached hydrogens (tertiary/aromatic N) is 1. The van der Waals surface area contributed by atoms with Gasteiger partial charge in [-0.15, -0.1) is 0 Å². The Hall–Kier alpha value is -3.31. The number of amides is 2. The number of aryl methyl sites for hydroxylation is 2. The fourth-order valence-corrected chi connectivity index (χ4v) is 5.17. The van der Waals surface area contributed by atoms with Gasteiger partial charge in [-0.2, -0.15) is 0 Å². The summed E-state index contributed by atoms with van der Waals surface area (Å²) in [4.78, 5) is 29.1. The van der Waals surface area contributed by atoms with E-state index in [0.717, 1.165) is 47.9 Å². The average molecular weight is 519 g/mol. The summed E-state index contributed by atoms with van der Waals surface area (Å²) in [7, 11) is 0. The summed E-state index contributed by atoms with van der Waals surface area (Å²) in [6.45, 7) is 4.03. The van der Waals surface area contributed by atoms with Crippen molar-refractivity contribution in [2.24, 2.45) is 0 Å². The molecule has 2 amide bonds. The highest BCUT2D eigenvalue weighted by Gasteiger charge is 2.32. The Labute approximate surface area is 224 Å². The molecule has 1 aliphatic carbocycles. The largest absolute Gasteiger partial charge is 0.484 e. The lowest BCUT2D eigenvalue weighted by molar-refractivity contribution is -0.143. The van der Waals surface area contributed by atoms with Crippen LogP contribution in [0.15, 0.2) is 72.8 Å². The number of nitrogens with one attached hydrogen (secondary N) is 1. The van der Waals surface area contributed by atoms with Crippen molar-refractivity contribution in [3.63, 3.8) is 0 Å². The van der Waals surface area contributed by atoms with E-state index in [9.17, 15) is 9.59 Å². The fraction of sp³-hybridized carbons (Fsp3) is 0.355. The second-order valence-corrected chi connectivity index (χ2v) is 10.3. The van der Waals surface area contributed by atoms with Crippen molar-refractivity contribution in [3.05, 3.63) is 100 Å². The third-order valence-corrected chi connectivity index (χ3v) is 7.20. The SMILES string of the molecule is Cc1cc(C)cc(OCC(=O)N(Cc2ccccc2Cl)C(Cc2ccccc2)C(=O)NC2CCCC2)c1. The highest BCUT2D eigenvalue weighted by Crippen LogP contribution is 2.23. The van der Waals surface area contributed by atoms with Gasteiger partial charge in [-0.1, -0.05) is 79.0 Å². The first-order valence-electron chi connectivity index (χ1n) is 13.0. The highest BCUT2D eigenvalue weighted by atomic mass is 35.5. The number of carbonyl (C=O) groups is 2. The maximum Gasteiger partial charge on any atom is 0.261 e. The van der Waals surface area contributed by atoms with E-state index in [1.54, 1.807) is 11.0 Å². The topological polar surface area (TPSA) is 58.6 Å². The molecule has 194 valence electrons. The normalized spacial score (nSPS) is 14.2. The van der Waals surface area contributed by atoms with Gasteiger partial charge in [-0.25, -0.2) is 0 Å². The molecule has 0 spiro atoms. The summed E-state index contributed by atoms with van der Waals surface area (Å²) in [5.41, 5.74) is 3.90. The lowest BCUT2D eigenvalue weighted by Crippen LogP contribution is -2.53. The van der Waals surface area contributed by atoms with E-state index in [4.69, 9.17) is 16.3 Å². The predicted molar refractivity (Wildman–Crippen MR) is 148 cm³/mol. The van der Waals surface area contributed by atoms with Crippen LogP contribution in [0.4, 0.5) is 0 Å². The van der Waals surface area contributed by atoms with E-state index in [2.05, 4.69) is 11.4 Å². The minimum absolute atomic E-state index is 0.137. The molecule has 0 saturated heterocycles. The third-order valence-electron chi connectivity index (χ3n) is 6.83.